The van der Waals surface area contributed by atoms with E-state index in [1.165, 1.54) is 12.1 Å². The summed E-state index contributed by atoms with van der Waals surface area (Å²) in [4.78, 5) is 10.7. The lowest BCUT2D eigenvalue weighted by Gasteiger charge is -2.02. The fraction of sp³-hybridized carbons (Fsp3) is 0. The van der Waals surface area contributed by atoms with Crippen molar-refractivity contribution >= 4 is 33.5 Å². The zero-order valence-corrected chi connectivity index (χ0v) is 8.56. The van der Waals surface area contributed by atoms with E-state index in [4.69, 9.17) is 22.0 Å². The molecule has 0 aliphatic heterocycles. The molecular weight excluding hydrogens is 257 g/mol. The van der Waals surface area contributed by atoms with Gasteiger partial charge in [0.1, 0.15) is 6.07 Å². The highest BCUT2D eigenvalue weighted by Gasteiger charge is 2.15. The number of carboxylic acid groups (broad SMARTS) is 1. The second-order valence-corrected chi connectivity index (χ2v) is 3.43. The molecule has 3 nitrogen and oxygen atoms in total. The van der Waals surface area contributed by atoms with Gasteiger partial charge in [-0.2, -0.15) is 5.26 Å². The minimum atomic E-state index is -1.16. The fourth-order valence-corrected chi connectivity index (χ4v) is 1.74. The van der Waals surface area contributed by atoms with Crippen LogP contribution in [0.4, 0.5) is 0 Å². The summed E-state index contributed by atoms with van der Waals surface area (Å²) in [6.45, 7) is 0. The Morgan fingerprint density at radius 1 is 1.62 bits per heavy atom. The summed E-state index contributed by atoms with van der Waals surface area (Å²) in [5.41, 5.74) is 0.0722. The number of aromatic carboxylic acids is 1. The molecule has 0 bridgehead atoms. The van der Waals surface area contributed by atoms with Crippen LogP contribution in [-0.4, -0.2) is 11.1 Å². The Balaban J connectivity index is 3.50. The average molecular weight is 260 g/mol. The van der Waals surface area contributed by atoms with Gasteiger partial charge in [0.15, 0.2) is 0 Å². The smallest absolute Gasteiger partial charge is 0.338 e. The first-order valence-electron chi connectivity index (χ1n) is 3.19. The Morgan fingerprint density at radius 3 is 2.69 bits per heavy atom. The topological polar surface area (TPSA) is 61.1 Å². The predicted molar refractivity (Wildman–Crippen MR) is 50.8 cm³/mol. The summed E-state index contributed by atoms with van der Waals surface area (Å²) in [6, 6.07) is 4.74. The SMILES string of the molecule is N#Cc1ccc(Br)c(C(=O)O)c1Cl. The van der Waals surface area contributed by atoms with E-state index >= 15 is 0 Å². The van der Waals surface area contributed by atoms with Crippen molar-refractivity contribution in [3.63, 3.8) is 0 Å². The highest BCUT2D eigenvalue weighted by atomic mass is 79.9. The molecule has 0 heterocycles. The monoisotopic (exact) mass is 259 g/mol. The molecule has 1 N–H and O–H groups in total. The van der Waals surface area contributed by atoms with Crippen LogP contribution in [-0.2, 0) is 0 Å². The molecule has 1 rings (SSSR count). The maximum absolute atomic E-state index is 10.7. The van der Waals surface area contributed by atoms with E-state index in [1.54, 1.807) is 6.07 Å². The number of carbonyl (C=O) groups is 1. The molecule has 0 saturated heterocycles. The maximum Gasteiger partial charge on any atom is 0.338 e. The van der Waals surface area contributed by atoms with Crippen molar-refractivity contribution in [1.29, 1.82) is 5.26 Å². The Kier molecular flexibility index (Phi) is 2.91. The number of hydrogen-bond donors (Lipinski definition) is 1. The normalized spacial score (nSPS) is 9.31. The van der Waals surface area contributed by atoms with Gasteiger partial charge >= 0.3 is 5.97 Å². The van der Waals surface area contributed by atoms with E-state index in [0.717, 1.165) is 0 Å². The van der Waals surface area contributed by atoms with E-state index in [2.05, 4.69) is 15.9 Å². The van der Waals surface area contributed by atoms with Crippen molar-refractivity contribution in [3.8, 4) is 6.07 Å². The Morgan fingerprint density at radius 2 is 2.23 bits per heavy atom. The number of nitrogens with zero attached hydrogens (tertiary/aromatic N) is 1. The van der Waals surface area contributed by atoms with E-state index in [0.29, 0.717) is 4.47 Å². The van der Waals surface area contributed by atoms with Crippen molar-refractivity contribution in [3.05, 3.63) is 32.8 Å². The van der Waals surface area contributed by atoms with Gasteiger partial charge in [0.05, 0.1) is 16.1 Å². The molecule has 1 aromatic rings. The summed E-state index contributed by atoms with van der Waals surface area (Å²) in [6.07, 6.45) is 0. The minimum Gasteiger partial charge on any atom is -0.478 e. The second kappa shape index (κ2) is 3.77. The van der Waals surface area contributed by atoms with E-state index < -0.39 is 5.97 Å². The zero-order chi connectivity index (χ0) is 10.0. The number of rotatable bonds is 1. The molecule has 0 radical (unpaired) electrons. The molecule has 0 unspecified atom stereocenters. The third-order valence-corrected chi connectivity index (χ3v) is 2.48. The molecule has 0 aliphatic carbocycles. The molecule has 0 atom stereocenters. The first kappa shape index (κ1) is 10.0. The van der Waals surface area contributed by atoms with Gasteiger partial charge in [0.25, 0.3) is 0 Å². The van der Waals surface area contributed by atoms with Crippen LogP contribution in [0.1, 0.15) is 15.9 Å². The average Bonchev–Trinajstić information content (AvgIpc) is 2.04. The first-order chi connectivity index (χ1) is 6.07. The van der Waals surface area contributed by atoms with Gasteiger partial charge in [-0.1, -0.05) is 11.6 Å². The van der Waals surface area contributed by atoms with Crippen molar-refractivity contribution in [2.24, 2.45) is 0 Å². The zero-order valence-electron chi connectivity index (χ0n) is 6.21. The molecule has 0 spiro atoms. The van der Waals surface area contributed by atoms with Crippen LogP contribution in [0.3, 0.4) is 0 Å². The number of benzene rings is 1. The lowest BCUT2D eigenvalue weighted by atomic mass is 10.1. The third kappa shape index (κ3) is 1.82. The molecule has 5 heteroatoms. The van der Waals surface area contributed by atoms with Crippen molar-refractivity contribution in [2.45, 2.75) is 0 Å². The quantitative estimate of drug-likeness (QED) is 0.844. The lowest BCUT2D eigenvalue weighted by molar-refractivity contribution is 0.0696. The summed E-state index contributed by atoms with van der Waals surface area (Å²) >= 11 is 8.71. The van der Waals surface area contributed by atoms with Gasteiger partial charge in [-0.25, -0.2) is 4.79 Å². The molecule has 0 saturated carbocycles. The summed E-state index contributed by atoms with van der Waals surface area (Å²) in [5.74, 6) is -1.16. The van der Waals surface area contributed by atoms with Crippen LogP contribution < -0.4 is 0 Å². The Hall–Kier alpha value is -1.05. The molecule has 0 amide bonds. The van der Waals surface area contributed by atoms with Gasteiger partial charge in [-0.05, 0) is 28.1 Å². The number of halogens is 2. The minimum absolute atomic E-state index is 0.0376. The second-order valence-electron chi connectivity index (χ2n) is 2.20. The van der Waals surface area contributed by atoms with Crippen molar-refractivity contribution in [1.82, 2.24) is 0 Å². The van der Waals surface area contributed by atoms with Crippen molar-refractivity contribution in [2.75, 3.05) is 0 Å². The molecule has 0 aromatic heterocycles. The predicted octanol–water partition coefficient (Wildman–Crippen LogP) is 2.67. The molecular formula is C8H3BrClNO2. The van der Waals surface area contributed by atoms with E-state index in [1.807, 2.05) is 0 Å². The largest absolute Gasteiger partial charge is 0.478 e. The maximum atomic E-state index is 10.7. The summed E-state index contributed by atoms with van der Waals surface area (Å²) in [7, 11) is 0. The standard InChI is InChI=1S/C8H3BrClNO2/c9-5-2-1-4(3-11)7(10)6(5)8(12)13/h1-2H,(H,12,13). The summed E-state index contributed by atoms with van der Waals surface area (Å²) in [5, 5.41) is 17.3. The number of nitriles is 1. The first-order valence-corrected chi connectivity index (χ1v) is 4.36. The molecule has 1 aromatic carbocycles. The Labute approximate surface area is 87.7 Å². The van der Waals surface area contributed by atoms with Crippen LogP contribution in [0.2, 0.25) is 5.02 Å². The highest BCUT2D eigenvalue weighted by molar-refractivity contribution is 9.10. The molecule has 66 valence electrons. The van der Waals surface area contributed by atoms with Gasteiger partial charge < -0.3 is 5.11 Å². The van der Waals surface area contributed by atoms with E-state index in [9.17, 15) is 4.79 Å². The Bertz CT molecular complexity index is 411. The van der Waals surface area contributed by atoms with Gasteiger partial charge in [-0.3, -0.25) is 0 Å². The van der Waals surface area contributed by atoms with Gasteiger partial charge in [-0.15, -0.1) is 0 Å². The van der Waals surface area contributed by atoms with Crippen LogP contribution in [0.5, 0.6) is 0 Å². The number of hydrogen-bond acceptors (Lipinski definition) is 2. The van der Waals surface area contributed by atoms with E-state index in [-0.39, 0.29) is 16.1 Å². The lowest BCUT2D eigenvalue weighted by Crippen LogP contribution is -2.00. The number of carboxylic acids is 1. The molecule has 0 fully saturated rings. The summed E-state index contributed by atoms with van der Waals surface area (Å²) < 4.78 is 0.365. The van der Waals surface area contributed by atoms with Gasteiger partial charge in [0, 0.05) is 4.47 Å². The highest BCUT2D eigenvalue weighted by Crippen LogP contribution is 2.27. The van der Waals surface area contributed by atoms with Crippen LogP contribution in [0, 0.1) is 11.3 Å². The molecule has 0 aliphatic rings. The van der Waals surface area contributed by atoms with Crippen molar-refractivity contribution < 1.29 is 9.90 Å². The van der Waals surface area contributed by atoms with Gasteiger partial charge in [0.2, 0.25) is 0 Å². The fourth-order valence-electron chi connectivity index (χ4n) is 0.835. The third-order valence-electron chi connectivity index (χ3n) is 1.43. The van der Waals surface area contributed by atoms with Crippen LogP contribution in [0.15, 0.2) is 16.6 Å². The van der Waals surface area contributed by atoms with Crippen LogP contribution >= 0.6 is 27.5 Å². The molecule has 13 heavy (non-hydrogen) atoms. The van der Waals surface area contributed by atoms with Crippen LogP contribution in [0.25, 0.3) is 0 Å².